The minimum Gasteiger partial charge on any atom is -0.490 e. The van der Waals surface area contributed by atoms with E-state index in [0.717, 1.165) is 23.3 Å². The molecule has 1 rings (SSSR count). The first-order valence-electron chi connectivity index (χ1n) is 6.12. The van der Waals surface area contributed by atoms with Crippen LogP contribution in [0, 0.1) is 31.1 Å². The van der Waals surface area contributed by atoms with Crippen molar-refractivity contribution in [1.82, 2.24) is 0 Å². The summed E-state index contributed by atoms with van der Waals surface area (Å²) in [5.41, 5.74) is 2.78. The molecule has 0 spiro atoms. The van der Waals surface area contributed by atoms with Gasteiger partial charge in [0.2, 0.25) is 0 Å². The number of ether oxygens (including phenoxy) is 1. The lowest BCUT2D eigenvalue weighted by molar-refractivity contribution is 0.191. The van der Waals surface area contributed by atoms with Gasteiger partial charge in [0, 0.05) is 0 Å². The third-order valence-electron chi connectivity index (χ3n) is 2.71. The van der Waals surface area contributed by atoms with Crippen LogP contribution < -0.4 is 4.74 Å². The number of rotatable bonds is 4. The number of aryl methyl sites for hydroxylation is 2. The lowest BCUT2D eigenvalue weighted by Gasteiger charge is -2.20. The first-order chi connectivity index (χ1) is 7.93. The summed E-state index contributed by atoms with van der Waals surface area (Å²) in [4.78, 5) is 0. The number of benzene rings is 1. The van der Waals surface area contributed by atoms with E-state index in [2.05, 4.69) is 26.8 Å². The molecule has 0 heterocycles. The molecule has 0 saturated carbocycles. The van der Waals surface area contributed by atoms with Crippen molar-refractivity contribution in [2.45, 2.75) is 47.1 Å². The van der Waals surface area contributed by atoms with Crippen LogP contribution in [0.5, 0.6) is 5.75 Å². The van der Waals surface area contributed by atoms with Gasteiger partial charge >= 0.3 is 0 Å². The molecule has 0 N–H and O–H groups in total. The maximum Gasteiger partial charge on any atom is 0.125 e. The highest BCUT2D eigenvalue weighted by Gasteiger charge is 2.11. The Morgan fingerprint density at radius 3 is 2.12 bits per heavy atom. The first kappa shape index (κ1) is 13.6. The van der Waals surface area contributed by atoms with Crippen molar-refractivity contribution >= 4 is 0 Å². The molecule has 0 radical (unpaired) electrons. The van der Waals surface area contributed by atoms with Gasteiger partial charge < -0.3 is 4.74 Å². The van der Waals surface area contributed by atoms with Gasteiger partial charge in [-0.2, -0.15) is 5.26 Å². The smallest absolute Gasteiger partial charge is 0.125 e. The highest BCUT2D eigenvalue weighted by molar-refractivity contribution is 5.47. The van der Waals surface area contributed by atoms with Gasteiger partial charge in [0.15, 0.2) is 0 Å². The van der Waals surface area contributed by atoms with E-state index in [1.807, 2.05) is 26.0 Å². The summed E-state index contributed by atoms with van der Waals surface area (Å²) in [5, 5.41) is 8.89. The molecule has 0 amide bonds. The molecule has 0 aliphatic rings. The van der Waals surface area contributed by atoms with Gasteiger partial charge in [-0.1, -0.05) is 13.8 Å². The van der Waals surface area contributed by atoms with Crippen LogP contribution in [0.2, 0.25) is 0 Å². The molecule has 1 aromatic rings. The largest absolute Gasteiger partial charge is 0.490 e. The second-order valence-electron chi connectivity index (χ2n) is 5.11. The molecule has 2 heteroatoms. The van der Waals surface area contributed by atoms with Crippen molar-refractivity contribution in [1.29, 1.82) is 5.26 Å². The molecule has 92 valence electrons. The zero-order chi connectivity index (χ0) is 13.0. The second-order valence-corrected chi connectivity index (χ2v) is 5.11. The van der Waals surface area contributed by atoms with Crippen molar-refractivity contribution in [2.75, 3.05) is 0 Å². The summed E-state index contributed by atoms with van der Waals surface area (Å²) >= 11 is 0. The van der Waals surface area contributed by atoms with E-state index in [-0.39, 0.29) is 6.10 Å². The van der Waals surface area contributed by atoms with Crippen molar-refractivity contribution in [3.8, 4) is 11.8 Å². The third kappa shape index (κ3) is 3.78. The monoisotopic (exact) mass is 231 g/mol. The number of hydrogen-bond acceptors (Lipinski definition) is 2. The van der Waals surface area contributed by atoms with E-state index in [1.54, 1.807) is 0 Å². The maximum atomic E-state index is 8.89. The summed E-state index contributed by atoms with van der Waals surface area (Å²) in [6, 6.07) is 5.92. The predicted molar refractivity (Wildman–Crippen MR) is 70.2 cm³/mol. The van der Waals surface area contributed by atoms with Crippen LogP contribution in [0.15, 0.2) is 12.1 Å². The lowest BCUT2D eigenvalue weighted by atomic mass is 10.0. The molecule has 0 aliphatic carbocycles. The molecule has 0 aliphatic heterocycles. The molecule has 0 bridgehead atoms. The number of nitriles is 1. The zero-order valence-corrected chi connectivity index (χ0v) is 11.4. The average Bonchev–Trinajstić information content (AvgIpc) is 2.22. The van der Waals surface area contributed by atoms with Crippen molar-refractivity contribution in [3.63, 3.8) is 0 Å². The minimum absolute atomic E-state index is 0.209. The highest BCUT2D eigenvalue weighted by Crippen LogP contribution is 2.26. The van der Waals surface area contributed by atoms with E-state index in [1.165, 1.54) is 0 Å². The van der Waals surface area contributed by atoms with E-state index in [4.69, 9.17) is 10.00 Å². The molecular weight excluding hydrogens is 210 g/mol. The van der Waals surface area contributed by atoms with E-state index in [9.17, 15) is 0 Å². The Bertz CT molecular complexity index is 406. The van der Waals surface area contributed by atoms with Crippen LogP contribution in [0.4, 0.5) is 0 Å². The van der Waals surface area contributed by atoms with Crippen LogP contribution in [0.25, 0.3) is 0 Å². The number of hydrogen-bond donors (Lipinski definition) is 0. The van der Waals surface area contributed by atoms with Crippen LogP contribution in [0.1, 0.15) is 43.9 Å². The minimum atomic E-state index is 0.209. The fraction of sp³-hybridized carbons (Fsp3) is 0.533. The number of nitrogens with zero attached hydrogens (tertiary/aromatic N) is 1. The molecule has 17 heavy (non-hydrogen) atoms. The standard InChI is InChI=1S/C15H21NO/c1-10(2)6-13(5)17-15-11(3)7-14(9-16)8-12(15)4/h7-8,10,13H,6H2,1-5H3. The van der Waals surface area contributed by atoms with Gasteiger partial charge in [0.05, 0.1) is 17.7 Å². The lowest BCUT2D eigenvalue weighted by Crippen LogP contribution is -2.15. The van der Waals surface area contributed by atoms with Gasteiger partial charge in [-0.25, -0.2) is 0 Å². The molecule has 2 nitrogen and oxygen atoms in total. The van der Waals surface area contributed by atoms with Gasteiger partial charge in [-0.3, -0.25) is 0 Å². The molecule has 1 aromatic carbocycles. The van der Waals surface area contributed by atoms with Crippen LogP contribution in [-0.4, -0.2) is 6.10 Å². The maximum absolute atomic E-state index is 8.89. The molecule has 1 atom stereocenters. The Balaban J connectivity index is 2.89. The second kappa shape index (κ2) is 5.72. The fourth-order valence-corrected chi connectivity index (χ4v) is 2.11. The highest BCUT2D eigenvalue weighted by atomic mass is 16.5. The summed E-state index contributed by atoms with van der Waals surface area (Å²) in [7, 11) is 0. The summed E-state index contributed by atoms with van der Waals surface area (Å²) in [5.74, 6) is 1.56. The average molecular weight is 231 g/mol. The van der Waals surface area contributed by atoms with Crippen LogP contribution in [-0.2, 0) is 0 Å². The molecular formula is C15H21NO. The quantitative estimate of drug-likeness (QED) is 0.785. The normalized spacial score (nSPS) is 12.3. The van der Waals surface area contributed by atoms with E-state index < -0.39 is 0 Å². The summed E-state index contributed by atoms with van der Waals surface area (Å²) in [6.07, 6.45) is 1.25. The SMILES string of the molecule is Cc1cc(C#N)cc(C)c1OC(C)CC(C)C. The Labute approximate surface area is 104 Å². The van der Waals surface area contributed by atoms with Gasteiger partial charge in [0.25, 0.3) is 0 Å². The Hall–Kier alpha value is -1.49. The van der Waals surface area contributed by atoms with Crippen molar-refractivity contribution in [2.24, 2.45) is 5.92 Å². The summed E-state index contributed by atoms with van der Waals surface area (Å²) in [6.45, 7) is 10.5. The fourth-order valence-electron chi connectivity index (χ4n) is 2.11. The van der Waals surface area contributed by atoms with Gasteiger partial charge in [-0.15, -0.1) is 0 Å². The van der Waals surface area contributed by atoms with E-state index >= 15 is 0 Å². The summed E-state index contributed by atoms with van der Waals surface area (Å²) < 4.78 is 5.98. The van der Waals surface area contributed by atoms with E-state index in [0.29, 0.717) is 11.5 Å². The zero-order valence-electron chi connectivity index (χ0n) is 11.4. The first-order valence-corrected chi connectivity index (χ1v) is 6.12. The molecule has 1 unspecified atom stereocenters. The Kier molecular flexibility index (Phi) is 4.57. The predicted octanol–water partition coefficient (Wildman–Crippen LogP) is 3.99. The Morgan fingerprint density at radius 1 is 1.18 bits per heavy atom. The topological polar surface area (TPSA) is 33.0 Å². The third-order valence-corrected chi connectivity index (χ3v) is 2.71. The molecule has 0 saturated heterocycles. The van der Waals surface area contributed by atoms with Gasteiger partial charge in [0.1, 0.15) is 5.75 Å². The van der Waals surface area contributed by atoms with Crippen LogP contribution in [0.3, 0.4) is 0 Å². The van der Waals surface area contributed by atoms with Crippen molar-refractivity contribution in [3.05, 3.63) is 28.8 Å². The molecule has 0 aromatic heterocycles. The van der Waals surface area contributed by atoms with Gasteiger partial charge in [-0.05, 0) is 56.4 Å². The Morgan fingerprint density at radius 2 is 1.71 bits per heavy atom. The molecule has 0 fully saturated rings. The van der Waals surface area contributed by atoms with Crippen LogP contribution >= 0.6 is 0 Å². The van der Waals surface area contributed by atoms with Crippen molar-refractivity contribution < 1.29 is 4.74 Å².